The molecular weight excluding hydrogens is 318 g/mol. The number of ether oxygens (including phenoxy) is 1. The lowest BCUT2D eigenvalue weighted by atomic mass is 10.0. The van der Waals surface area contributed by atoms with Crippen LogP contribution in [0.2, 0.25) is 0 Å². The minimum absolute atomic E-state index is 0.202. The lowest BCUT2D eigenvalue weighted by Crippen LogP contribution is -2.43. The smallest absolute Gasteiger partial charge is 0.289 e. The quantitative estimate of drug-likeness (QED) is 0.837. The molecular formula is C20H25NO4. The number of benzene rings is 1. The molecule has 3 rings (SSSR count). The van der Waals surface area contributed by atoms with Crippen molar-refractivity contribution in [2.75, 3.05) is 13.7 Å². The van der Waals surface area contributed by atoms with Gasteiger partial charge in [0.25, 0.3) is 5.91 Å². The van der Waals surface area contributed by atoms with Crippen LogP contribution in [0.25, 0.3) is 0 Å². The van der Waals surface area contributed by atoms with Gasteiger partial charge in [-0.3, -0.25) is 4.79 Å². The maximum absolute atomic E-state index is 13.0. The van der Waals surface area contributed by atoms with Gasteiger partial charge >= 0.3 is 0 Å². The summed E-state index contributed by atoms with van der Waals surface area (Å²) < 4.78 is 10.6. The van der Waals surface area contributed by atoms with Crippen molar-refractivity contribution in [1.82, 2.24) is 4.90 Å². The van der Waals surface area contributed by atoms with Crippen LogP contribution < -0.4 is 0 Å². The Bertz CT molecular complexity index is 689. The largest absolute Gasteiger partial charge is 0.453 e. The monoisotopic (exact) mass is 343 g/mol. The predicted octanol–water partition coefficient (Wildman–Crippen LogP) is 3.37. The van der Waals surface area contributed by atoms with E-state index >= 15 is 0 Å². The van der Waals surface area contributed by atoms with Gasteiger partial charge in [0.1, 0.15) is 12.4 Å². The van der Waals surface area contributed by atoms with Crippen LogP contribution >= 0.6 is 0 Å². The van der Waals surface area contributed by atoms with Gasteiger partial charge in [-0.15, -0.1) is 0 Å². The van der Waals surface area contributed by atoms with Crippen molar-refractivity contribution in [1.29, 1.82) is 0 Å². The van der Waals surface area contributed by atoms with Gasteiger partial charge in [0, 0.05) is 13.7 Å². The summed E-state index contributed by atoms with van der Waals surface area (Å²) in [4.78, 5) is 14.7. The summed E-state index contributed by atoms with van der Waals surface area (Å²) in [5, 5.41) is 10.8. The van der Waals surface area contributed by atoms with E-state index < -0.39 is 5.60 Å². The first-order chi connectivity index (χ1) is 12.1. The molecule has 1 fully saturated rings. The number of carbonyl (C=O) groups is 1. The molecule has 25 heavy (non-hydrogen) atoms. The second-order valence-corrected chi connectivity index (χ2v) is 6.78. The topological polar surface area (TPSA) is 62.9 Å². The molecule has 0 atom stereocenters. The molecule has 1 aliphatic carbocycles. The van der Waals surface area contributed by atoms with Gasteiger partial charge in [-0.05, 0) is 30.5 Å². The van der Waals surface area contributed by atoms with Gasteiger partial charge in [-0.25, -0.2) is 0 Å². The highest BCUT2D eigenvalue weighted by Crippen LogP contribution is 2.31. The number of rotatable bonds is 7. The Balaban J connectivity index is 1.79. The third-order valence-corrected chi connectivity index (χ3v) is 4.68. The average Bonchev–Trinajstić information content (AvgIpc) is 3.24. The van der Waals surface area contributed by atoms with Gasteiger partial charge in [-0.2, -0.15) is 0 Å². The predicted molar refractivity (Wildman–Crippen MR) is 94.0 cm³/mol. The number of nitrogens with zero attached hydrogens (tertiary/aromatic N) is 1. The summed E-state index contributed by atoms with van der Waals surface area (Å²) in [5.41, 5.74) is 0.230. The fourth-order valence-electron chi connectivity index (χ4n) is 3.42. The summed E-state index contributed by atoms with van der Waals surface area (Å²) in [6.45, 7) is 1.10. The number of furan rings is 1. The van der Waals surface area contributed by atoms with Gasteiger partial charge in [-0.1, -0.05) is 43.2 Å². The maximum Gasteiger partial charge on any atom is 0.289 e. The number of methoxy groups -OCH3 is 1. The summed E-state index contributed by atoms with van der Waals surface area (Å²) >= 11 is 0. The van der Waals surface area contributed by atoms with Crippen LogP contribution in [0.4, 0.5) is 0 Å². The molecule has 1 heterocycles. The molecule has 0 aliphatic heterocycles. The van der Waals surface area contributed by atoms with Crippen LogP contribution in [0.1, 0.15) is 47.6 Å². The second-order valence-electron chi connectivity index (χ2n) is 6.78. The van der Waals surface area contributed by atoms with E-state index in [-0.39, 0.29) is 11.7 Å². The SMILES string of the molecule is COCc1ccc(C(=O)N(Cc2ccccc2)CC2(O)CCCC2)o1. The molecule has 0 spiro atoms. The highest BCUT2D eigenvalue weighted by Gasteiger charge is 2.35. The Kier molecular flexibility index (Phi) is 5.56. The Hall–Kier alpha value is -2.11. The Morgan fingerprint density at radius 2 is 1.92 bits per heavy atom. The minimum atomic E-state index is -0.799. The highest BCUT2D eigenvalue weighted by molar-refractivity contribution is 5.91. The first-order valence-electron chi connectivity index (χ1n) is 8.73. The first-order valence-corrected chi connectivity index (χ1v) is 8.73. The summed E-state index contributed by atoms with van der Waals surface area (Å²) in [6.07, 6.45) is 3.47. The molecule has 1 N–H and O–H groups in total. The Morgan fingerprint density at radius 3 is 2.60 bits per heavy atom. The lowest BCUT2D eigenvalue weighted by molar-refractivity contribution is 0.00661. The molecule has 1 aliphatic rings. The standard InChI is InChI=1S/C20H25NO4/c1-24-14-17-9-10-18(25-17)19(22)21(13-16-7-3-2-4-8-16)15-20(23)11-5-6-12-20/h2-4,7-10,23H,5-6,11-15H2,1H3. The molecule has 5 heteroatoms. The molecule has 1 aromatic heterocycles. The molecule has 0 saturated heterocycles. The molecule has 5 nitrogen and oxygen atoms in total. The van der Waals surface area contributed by atoms with E-state index in [0.717, 1.165) is 31.2 Å². The van der Waals surface area contributed by atoms with E-state index in [1.807, 2.05) is 30.3 Å². The van der Waals surface area contributed by atoms with E-state index in [1.165, 1.54) is 0 Å². The van der Waals surface area contributed by atoms with Crippen LogP contribution in [0, 0.1) is 0 Å². The lowest BCUT2D eigenvalue weighted by Gasteiger charge is -2.31. The number of carbonyl (C=O) groups excluding carboxylic acids is 1. The van der Waals surface area contributed by atoms with E-state index in [1.54, 1.807) is 24.1 Å². The molecule has 1 saturated carbocycles. The molecule has 2 aromatic rings. The minimum Gasteiger partial charge on any atom is -0.453 e. The Morgan fingerprint density at radius 1 is 1.20 bits per heavy atom. The van der Waals surface area contributed by atoms with Crippen LogP contribution in [0.3, 0.4) is 0 Å². The van der Waals surface area contributed by atoms with Crippen LogP contribution in [0.5, 0.6) is 0 Å². The van der Waals surface area contributed by atoms with Gasteiger partial charge in [0.05, 0.1) is 12.1 Å². The van der Waals surface area contributed by atoms with Crippen LogP contribution in [0.15, 0.2) is 46.9 Å². The molecule has 1 amide bonds. The van der Waals surface area contributed by atoms with Crippen molar-refractivity contribution in [2.24, 2.45) is 0 Å². The van der Waals surface area contributed by atoms with Crippen molar-refractivity contribution >= 4 is 5.91 Å². The highest BCUT2D eigenvalue weighted by atomic mass is 16.5. The van der Waals surface area contributed by atoms with E-state index in [0.29, 0.717) is 25.5 Å². The van der Waals surface area contributed by atoms with E-state index in [9.17, 15) is 9.90 Å². The fourth-order valence-corrected chi connectivity index (χ4v) is 3.42. The Labute approximate surface area is 148 Å². The normalized spacial score (nSPS) is 16.1. The number of amides is 1. The zero-order valence-electron chi connectivity index (χ0n) is 14.6. The second kappa shape index (κ2) is 7.85. The van der Waals surface area contributed by atoms with Crippen molar-refractivity contribution in [3.8, 4) is 0 Å². The van der Waals surface area contributed by atoms with Crippen molar-refractivity contribution in [3.05, 3.63) is 59.5 Å². The maximum atomic E-state index is 13.0. The average molecular weight is 343 g/mol. The summed E-state index contributed by atoms with van der Waals surface area (Å²) in [7, 11) is 1.58. The van der Waals surface area contributed by atoms with Crippen LogP contribution in [-0.2, 0) is 17.9 Å². The van der Waals surface area contributed by atoms with Gasteiger partial charge < -0.3 is 19.2 Å². The number of hydrogen-bond donors (Lipinski definition) is 1. The first kappa shape index (κ1) is 17.7. The zero-order valence-corrected chi connectivity index (χ0v) is 14.6. The molecule has 1 aromatic carbocycles. The van der Waals surface area contributed by atoms with E-state index in [4.69, 9.17) is 9.15 Å². The van der Waals surface area contributed by atoms with Gasteiger partial charge in [0.2, 0.25) is 0 Å². The number of hydrogen-bond acceptors (Lipinski definition) is 4. The molecule has 134 valence electrons. The third kappa shape index (κ3) is 4.50. The summed E-state index contributed by atoms with van der Waals surface area (Å²) in [6, 6.07) is 13.2. The van der Waals surface area contributed by atoms with Crippen molar-refractivity contribution < 1.29 is 19.1 Å². The summed E-state index contributed by atoms with van der Waals surface area (Å²) in [5.74, 6) is 0.696. The van der Waals surface area contributed by atoms with Crippen molar-refractivity contribution in [3.63, 3.8) is 0 Å². The third-order valence-electron chi connectivity index (χ3n) is 4.68. The molecule has 0 unspecified atom stereocenters. The van der Waals surface area contributed by atoms with Gasteiger partial charge in [0.15, 0.2) is 5.76 Å². The fraction of sp³-hybridized carbons (Fsp3) is 0.450. The number of aliphatic hydroxyl groups is 1. The molecule has 0 bridgehead atoms. The molecule has 0 radical (unpaired) electrons. The van der Waals surface area contributed by atoms with E-state index in [2.05, 4.69) is 0 Å². The zero-order chi connectivity index (χ0) is 17.7. The van der Waals surface area contributed by atoms with Crippen molar-refractivity contribution in [2.45, 2.75) is 44.4 Å². The van der Waals surface area contributed by atoms with Crippen LogP contribution in [-0.4, -0.2) is 35.2 Å².